The molecule has 1 N–H and O–H groups in total. The van der Waals surface area contributed by atoms with E-state index in [1.54, 1.807) is 24.0 Å². The molecular formula is C37H41Cl2N3O6S2. The molecule has 2 aromatic carbocycles. The molecule has 50 heavy (non-hydrogen) atoms. The van der Waals surface area contributed by atoms with Crippen molar-refractivity contribution in [2.45, 2.75) is 94.4 Å². The van der Waals surface area contributed by atoms with Gasteiger partial charge in [-0.3, -0.25) is 19.1 Å². The number of aromatic nitrogens is 1. The molecule has 0 spiro atoms. The number of para-hydroxylation sites is 1. The van der Waals surface area contributed by atoms with Crippen molar-refractivity contribution in [3.8, 4) is 5.19 Å². The molecule has 0 unspecified atom stereocenters. The van der Waals surface area contributed by atoms with Crippen molar-refractivity contribution < 1.29 is 27.5 Å². The Bertz CT molecular complexity index is 1930. The number of carbonyl (C=O) groups excluding carboxylic acids is 3. The van der Waals surface area contributed by atoms with E-state index in [1.807, 2.05) is 42.5 Å². The number of allylic oxidation sites excluding steroid dienone is 2. The number of nitrogens with zero attached hydrogens (tertiary/aromatic N) is 2. The summed E-state index contributed by atoms with van der Waals surface area (Å²) in [6.07, 6.45) is 9.47. The van der Waals surface area contributed by atoms with Crippen LogP contribution in [0.4, 0.5) is 0 Å². The third-order valence-electron chi connectivity index (χ3n) is 11.0. The van der Waals surface area contributed by atoms with Crippen LogP contribution < -0.4 is 9.46 Å². The van der Waals surface area contributed by atoms with E-state index in [0.717, 1.165) is 41.5 Å². The van der Waals surface area contributed by atoms with Crippen LogP contribution >= 0.6 is 34.5 Å². The number of carbonyl (C=O) groups is 3. The maximum absolute atomic E-state index is 14.6. The lowest BCUT2D eigenvalue weighted by atomic mass is 9.90. The first-order valence-electron chi connectivity index (χ1n) is 17.4. The summed E-state index contributed by atoms with van der Waals surface area (Å²) in [5, 5.41) is 1.32. The van der Waals surface area contributed by atoms with Crippen LogP contribution in [-0.4, -0.2) is 59.3 Å². The first-order valence-corrected chi connectivity index (χ1v) is 20.5. The fourth-order valence-electron chi connectivity index (χ4n) is 7.42. The molecule has 7 rings (SSSR count). The maximum Gasteiger partial charge on any atom is 0.274 e. The third-order valence-corrected chi connectivity index (χ3v) is 14.8. The number of amides is 2. The Morgan fingerprint density at radius 2 is 1.90 bits per heavy atom. The summed E-state index contributed by atoms with van der Waals surface area (Å²) in [4.78, 5) is 49.1. The van der Waals surface area contributed by atoms with Crippen molar-refractivity contribution in [2.75, 3.05) is 6.54 Å². The molecule has 5 atom stereocenters. The molecule has 2 aliphatic carbocycles. The molecule has 1 saturated heterocycles. The van der Waals surface area contributed by atoms with Gasteiger partial charge >= 0.3 is 0 Å². The van der Waals surface area contributed by atoms with Crippen LogP contribution in [0.25, 0.3) is 10.2 Å². The molecule has 3 heterocycles. The zero-order valence-electron chi connectivity index (χ0n) is 27.9. The number of halogens is 2. The first kappa shape index (κ1) is 35.4. The van der Waals surface area contributed by atoms with Gasteiger partial charge in [0, 0.05) is 18.8 Å². The molecular weight excluding hydrogens is 717 g/mol. The second kappa shape index (κ2) is 13.9. The van der Waals surface area contributed by atoms with Gasteiger partial charge in [-0.1, -0.05) is 77.7 Å². The number of sulfonamides is 1. The van der Waals surface area contributed by atoms with Crippen molar-refractivity contribution >= 4 is 72.4 Å². The van der Waals surface area contributed by atoms with Crippen LogP contribution in [-0.2, 0) is 30.8 Å². The van der Waals surface area contributed by atoms with Crippen LogP contribution in [0.1, 0.15) is 76.7 Å². The summed E-state index contributed by atoms with van der Waals surface area (Å²) in [6.45, 7) is 1.83. The number of hydrogen-bond donors (Lipinski definition) is 1. The SMILES string of the molecule is CC1(S(=O)(=O)NC(=O)[C@]23CC(=O)[C@@H]4C[C@@H](Oc5nc6ccccc6s5)CN4C(=O)[C@@H](Cc4ccc(Cl)c(Cl)c4)CCCCC/C=C\[C@H]2C3)CC1. The summed E-state index contributed by atoms with van der Waals surface area (Å²) in [6, 6.07) is 12.3. The zero-order chi connectivity index (χ0) is 35.3. The Morgan fingerprint density at radius 3 is 2.66 bits per heavy atom. The van der Waals surface area contributed by atoms with E-state index in [2.05, 4.69) is 9.71 Å². The van der Waals surface area contributed by atoms with Crippen molar-refractivity contribution in [3.05, 3.63) is 70.2 Å². The van der Waals surface area contributed by atoms with Gasteiger partial charge in [-0.05, 0) is 87.6 Å². The summed E-state index contributed by atoms with van der Waals surface area (Å²) in [5.74, 6) is -1.72. The number of ketones is 1. The molecule has 3 fully saturated rings. The number of Topliss-reactive ketones (excluding diaryl/α,β-unsaturated/α-hetero) is 1. The predicted molar refractivity (Wildman–Crippen MR) is 195 cm³/mol. The molecule has 0 bridgehead atoms. The van der Waals surface area contributed by atoms with E-state index in [1.165, 1.54) is 11.3 Å². The third kappa shape index (κ3) is 7.20. The minimum absolute atomic E-state index is 0.145. The smallest absolute Gasteiger partial charge is 0.274 e. The molecule has 2 aliphatic heterocycles. The summed E-state index contributed by atoms with van der Waals surface area (Å²) < 4.78 is 35.0. The highest BCUT2D eigenvalue weighted by Crippen LogP contribution is 2.57. The van der Waals surface area contributed by atoms with Gasteiger partial charge < -0.3 is 9.64 Å². The van der Waals surface area contributed by atoms with Crippen LogP contribution in [0.2, 0.25) is 10.0 Å². The fourth-order valence-corrected chi connectivity index (χ4v) is 9.95. The maximum atomic E-state index is 14.6. The minimum atomic E-state index is -3.90. The average Bonchev–Trinajstić information content (AvgIpc) is 3.88. The van der Waals surface area contributed by atoms with Gasteiger partial charge in [-0.2, -0.15) is 0 Å². The lowest BCUT2D eigenvalue weighted by molar-refractivity contribution is -0.142. The highest BCUT2D eigenvalue weighted by atomic mass is 35.5. The quantitative estimate of drug-likeness (QED) is 0.251. The van der Waals surface area contributed by atoms with Gasteiger partial charge in [-0.15, -0.1) is 0 Å². The van der Waals surface area contributed by atoms with Crippen LogP contribution in [0.3, 0.4) is 0 Å². The zero-order valence-corrected chi connectivity index (χ0v) is 31.1. The Hall–Kier alpha value is -2.99. The van der Waals surface area contributed by atoms with E-state index >= 15 is 0 Å². The Kier molecular flexibility index (Phi) is 9.82. The standard InChI is InChI=1S/C37H41Cl2N3O6S2/c1-36(15-16-36)50(46,47)41-34(45)37-20-25(37)10-6-4-2-3-5-9-24(17-23-13-14-27(38)28(39)18-23)33(44)42-22-26(19-30(42)31(43)21-37)48-35-40-29-11-7-8-12-32(29)49-35/h6-8,10-14,18,24-26,30H,2-5,9,15-17,19-22H2,1H3,(H,41,45)/b10-6-/t24-,25+,26-,30+,37-/m1/s1. The number of fused-ring (bicyclic) bond motifs is 3. The summed E-state index contributed by atoms with van der Waals surface area (Å²) in [5.41, 5.74) is 0.501. The highest BCUT2D eigenvalue weighted by Gasteiger charge is 2.62. The van der Waals surface area contributed by atoms with Gasteiger partial charge in [0.25, 0.3) is 5.19 Å². The summed E-state index contributed by atoms with van der Waals surface area (Å²) in [7, 11) is -3.90. The Morgan fingerprint density at radius 1 is 1.10 bits per heavy atom. The number of thiazole rings is 1. The second-order valence-corrected chi connectivity index (χ2v) is 18.6. The van der Waals surface area contributed by atoms with Gasteiger partial charge in [0.2, 0.25) is 21.8 Å². The Labute approximate surface area is 306 Å². The van der Waals surface area contributed by atoms with Gasteiger partial charge in [0.15, 0.2) is 5.78 Å². The topological polar surface area (TPSA) is 123 Å². The van der Waals surface area contributed by atoms with Crippen molar-refractivity contribution in [3.63, 3.8) is 0 Å². The number of nitrogens with one attached hydrogen (secondary N) is 1. The van der Waals surface area contributed by atoms with Crippen LogP contribution in [0.5, 0.6) is 5.19 Å². The normalized spacial score (nSPS) is 29.0. The van der Waals surface area contributed by atoms with E-state index < -0.39 is 44.2 Å². The first-order chi connectivity index (χ1) is 23.9. The Balaban J connectivity index is 1.19. The van der Waals surface area contributed by atoms with E-state index in [-0.39, 0.29) is 37.0 Å². The van der Waals surface area contributed by atoms with Gasteiger partial charge in [-0.25, -0.2) is 13.4 Å². The van der Waals surface area contributed by atoms with Gasteiger partial charge in [0.05, 0.1) is 43.0 Å². The van der Waals surface area contributed by atoms with Crippen LogP contribution in [0.15, 0.2) is 54.6 Å². The van der Waals surface area contributed by atoms with Crippen molar-refractivity contribution in [1.29, 1.82) is 0 Å². The average molecular weight is 759 g/mol. The second-order valence-electron chi connectivity index (χ2n) is 14.6. The molecule has 13 heteroatoms. The monoisotopic (exact) mass is 757 g/mol. The van der Waals surface area contributed by atoms with Crippen LogP contribution in [0, 0.1) is 17.3 Å². The largest absolute Gasteiger partial charge is 0.465 e. The number of benzene rings is 2. The number of hydrogen-bond acceptors (Lipinski definition) is 8. The lowest BCUT2D eigenvalue weighted by Crippen LogP contribution is -2.47. The van der Waals surface area contributed by atoms with E-state index in [4.69, 9.17) is 27.9 Å². The van der Waals surface area contributed by atoms with Crippen molar-refractivity contribution in [2.24, 2.45) is 17.3 Å². The van der Waals surface area contributed by atoms with E-state index in [9.17, 15) is 22.8 Å². The van der Waals surface area contributed by atoms with E-state index in [0.29, 0.717) is 47.3 Å². The molecule has 4 aliphatic rings. The van der Waals surface area contributed by atoms with Crippen molar-refractivity contribution in [1.82, 2.24) is 14.6 Å². The molecule has 1 aromatic heterocycles. The number of ether oxygens (including phenoxy) is 1. The molecule has 3 aromatic rings. The number of rotatable bonds is 7. The molecule has 9 nitrogen and oxygen atoms in total. The molecule has 2 amide bonds. The molecule has 266 valence electrons. The predicted octanol–water partition coefficient (Wildman–Crippen LogP) is 7.29. The summed E-state index contributed by atoms with van der Waals surface area (Å²) >= 11 is 14.0. The lowest BCUT2D eigenvalue weighted by Gasteiger charge is -2.29. The highest BCUT2D eigenvalue weighted by molar-refractivity contribution is 7.91. The fraction of sp³-hybridized carbons (Fsp3) is 0.514. The molecule has 0 radical (unpaired) electrons. The minimum Gasteiger partial charge on any atom is -0.465 e. The molecule has 2 saturated carbocycles. The van der Waals surface area contributed by atoms with Gasteiger partial charge in [0.1, 0.15) is 6.10 Å².